The van der Waals surface area contributed by atoms with E-state index in [-0.39, 0.29) is 24.0 Å². The minimum atomic E-state index is -0.343. The zero-order valence-electron chi connectivity index (χ0n) is 9.91. The molecule has 0 aromatic rings. The summed E-state index contributed by atoms with van der Waals surface area (Å²) in [6, 6.07) is -0.0169. The molecule has 0 radical (unpaired) electrons. The van der Waals surface area contributed by atoms with E-state index in [1.165, 1.54) is 0 Å². The van der Waals surface area contributed by atoms with Gasteiger partial charge in [0.15, 0.2) is 0 Å². The lowest BCUT2D eigenvalue weighted by Crippen LogP contribution is -2.53. The van der Waals surface area contributed by atoms with E-state index in [2.05, 4.69) is 10.6 Å². The fourth-order valence-electron chi connectivity index (χ4n) is 2.47. The molecule has 1 aliphatic heterocycles. The number of carbonyl (C=O) groups is 1. The molecule has 1 saturated heterocycles. The molecule has 0 spiro atoms. The molecule has 4 nitrogen and oxygen atoms in total. The van der Waals surface area contributed by atoms with E-state index in [0.29, 0.717) is 5.92 Å². The van der Waals surface area contributed by atoms with Gasteiger partial charge in [0.25, 0.3) is 0 Å². The Morgan fingerprint density at radius 2 is 2.06 bits per heavy atom. The van der Waals surface area contributed by atoms with Gasteiger partial charge in [0, 0.05) is 5.92 Å². The minimum absolute atomic E-state index is 0.0169. The van der Waals surface area contributed by atoms with Crippen LogP contribution in [0.3, 0.4) is 0 Å². The predicted molar refractivity (Wildman–Crippen MR) is 61.9 cm³/mol. The van der Waals surface area contributed by atoms with Crippen molar-refractivity contribution in [2.45, 2.75) is 44.8 Å². The molecule has 1 aliphatic carbocycles. The molecule has 92 valence electrons. The average Bonchev–Trinajstić information content (AvgIpc) is 2.18. The first-order chi connectivity index (χ1) is 7.68. The summed E-state index contributed by atoms with van der Waals surface area (Å²) in [5.74, 6) is 0.647. The Hall–Kier alpha value is -0.610. The summed E-state index contributed by atoms with van der Waals surface area (Å²) >= 11 is 0. The third-order valence-electron chi connectivity index (χ3n) is 3.99. The summed E-state index contributed by atoms with van der Waals surface area (Å²) in [6.07, 6.45) is 3.59. The van der Waals surface area contributed by atoms with Crippen molar-refractivity contribution in [3.8, 4) is 0 Å². The Morgan fingerprint density at radius 1 is 1.38 bits per heavy atom. The van der Waals surface area contributed by atoms with Gasteiger partial charge in [-0.2, -0.15) is 0 Å². The van der Waals surface area contributed by atoms with E-state index in [1.807, 2.05) is 6.92 Å². The van der Waals surface area contributed by atoms with Gasteiger partial charge in [-0.1, -0.05) is 19.8 Å². The monoisotopic (exact) mass is 226 g/mol. The lowest BCUT2D eigenvalue weighted by atomic mass is 9.87. The first kappa shape index (κ1) is 11.9. The normalized spacial score (nSPS) is 32.9. The Morgan fingerprint density at radius 3 is 2.62 bits per heavy atom. The third-order valence-corrected chi connectivity index (χ3v) is 3.99. The van der Waals surface area contributed by atoms with Crippen molar-refractivity contribution >= 4 is 5.91 Å². The molecule has 2 rings (SSSR count). The SMILES string of the molecule is CC(C(=O)N[C@@H]1CCCC[C@H]1O)C1CNC1. The molecule has 4 heteroatoms. The molecule has 3 atom stereocenters. The van der Waals surface area contributed by atoms with Gasteiger partial charge in [-0.3, -0.25) is 4.79 Å². The summed E-state index contributed by atoms with van der Waals surface area (Å²) in [7, 11) is 0. The Labute approximate surface area is 96.8 Å². The van der Waals surface area contributed by atoms with Crippen LogP contribution in [-0.2, 0) is 4.79 Å². The first-order valence-electron chi connectivity index (χ1n) is 6.37. The van der Waals surface area contributed by atoms with Gasteiger partial charge in [-0.15, -0.1) is 0 Å². The standard InChI is InChI=1S/C12H22N2O2/c1-8(9-6-13-7-9)12(16)14-10-4-2-3-5-11(10)15/h8-11,13,15H,2-7H2,1H3,(H,14,16)/t8?,10-,11-/m1/s1. The molecule has 0 bridgehead atoms. The van der Waals surface area contributed by atoms with Crippen molar-refractivity contribution in [2.75, 3.05) is 13.1 Å². The Bertz CT molecular complexity index is 253. The quantitative estimate of drug-likeness (QED) is 0.647. The number of rotatable bonds is 3. The van der Waals surface area contributed by atoms with Crippen LogP contribution < -0.4 is 10.6 Å². The van der Waals surface area contributed by atoms with E-state index < -0.39 is 0 Å². The highest BCUT2D eigenvalue weighted by molar-refractivity contribution is 5.79. The smallest absolute Gasteiger partial charge is 0.223 e. The van der Waals surface area contributed by atoms with Crippen molar-refractivity contribution < 1.29 is 9.90 Å². The molecule has 0 aromatic carbocycles. The van der Waals surface area contributed by atoms with E-state index in [1.54, 1.807) is 0 Å². The van der Waals surface area contributed by atoms with Crippen molar-refractivity contribution in [1.29, 1.82) is 0 Å². The van der Waals surface area contributed by atoms with Crippen molar-refractivity contribution in [2.24, 2.45) is 11.8 Å². The summed E-state index contributed by atoms with van der Waals surface area (Å²) in [5, 5.41) is 16.0. The zero-order valence-corrected chi connectivity index (χ0v) is 9.91. The number of hydrogen-bond acceptors (Lipinski definition) is 3. The molecule has 2 aliphatic rings. The number of aliphatic hydroxyl groups excluding tert-OH is 1. The van der Waals surface area contributed by atoms with Crippen LogP contribution in [0.25, 0.3) is 0 Å². The zero-order chi connectivity index (χ0) is 11.5. The summed E-state index contributed by atoms with van der Waals surface area (Å²) in [6.45, 7) is 3.87. The fraction of sp³-hybridized carbons (Fsp3) is 0.917. The topological polar surface area (TPSA) is 61.4 Å². The second kappa shape index (κ2) is 5.15. The number of amides is 1. The van der Waals surface area contributed by atoms with E-state index >= 15 is 0 Å². The van der Waals surface area contributed by atoms with E-state index in [4.69, 9.17) is 0 Å². The van der Waals surface area contributed by atoms with Crippen LogP contribution in [-0.4, -0.2) is 36.2 Å². The molecule has 1 heterocycles. The van der Waals surface area contributed by atoms with Crippen LogP contribution in [0.1, 0.15) is 32.6 Å². The highest BCUT2D eigenvalue weighted by Gasteiger charge is 2.31. The Balaban J connectivity index is 1.80. The van der Waals surface area contributed by atoms with Crippen LogP contribution in [0, 0.1) is 11.8 Å². The maximum atomic E-state index is 11.9. The molecule has 3 N–H and O–H groups in total. The Kier molecular flexibility index (Phi) is 3.82. The third kappa shape index (κ3) is 2.55. The van der Waals surface area contributed by atoms with Gasteiger partial charge in [-0.05, 0) is 31.8 Å². The van der Waals surface area contributed by atoms with Crippen LogP contribution in [0.15, 0.2) is 0 Å². The van der Waals surface area contributed by atoms with Crippen molar-refractivity contribution in [3.63, 3.8) is 0 Å². The molecule has 1 saturated carbocycles. The molecule has 0 aromatic heterocycles. The van der Waals surface area contributed by atoms with Crippen LogP contribution in [0.4, 0.5) is 0 Å². The van der Waals surface area contributed by atoms with Crippen LogP contribution in [0.2, 0.25) is 0 Å². The lowest BCUT2D eigenvalue weighted by molar-refractivity contribution is -0.128. The molecule has 16 heavy (non-hydrogen) atoms. The number of aliphatic hydroxyl groups is 1. The van der Waals surface area contributed by atoms with E-state index in [0.717, 1.165) is 38.8 Å². The summed E-state index contributed by atoms with van der Waals surface area (Å²) < 4.78 is 0. The second-order valence-electron chi connectivity index (χ2n) is 5.17. The van der Waals surface area contributed by atoms with Gasteiger partial charge >= 0.3 is 0 Å². The van der Waals surface area contributed by atoms with Gasteiger partial charge < -0.3 is 15.7 Å². The predicted octanol–water partition coefficient (Wildman–Crippen LogP) is 0.262. The molecule has 1 unspecified atom stereocenters. The summed E-state index contributed by atoms with van der Waals surface area (Å²) in [4.78, 5) is 11.9. The minimum Gasteiger partial charge on any atom is -0.391 e. The van der Waals surface area contributed by atoms with Gasteiger partial charge in [-0.25, -0.2) is 0 Å². The number of nitrogens with one attached hydrogen (secondary N) is 2. The van der Waals surface area contributed by atoms with Gasteiger partial charge in [0.2, 0.25) is 5.91 Å². The van der Waals surface area contributed by atoms with Crippen LogP contribution in [0.5, 0.6) is 0 Å². The average molecular weight is 226 g/mol. The maximum Gasteiger partial charge on any atom is 0.223 e. The fourth-order valence-corrected chi connectivity index (χ4v) is 2.47. The van der Waals surface area contributed by atoms with Gasteiger partial charge in [0.05, 0.1) is 12.1 Å². The molecule has 1 amide bonds. The number of hydrogen-bond donors (Lipinski definition) is 3. The largest absolute Gasteiger partial charge is 0.391 e. The lowest BCUT2D eigenvalue weighted by Gasteiger charge is -2.34. The maximum absolute atomic E-state index is 11.9. The highest BCUT2D eigenvalue weighted by atomic mass is 16.3. The highest BCUT2D eigenvalue weighted by Crippen LogP contribution is 2.20. The summed E-state index contributed by atoms with van der Waals surface area (Å²) in [5.41, 5.74) is 0. The first-order valence-corrected chi connectivity index (χ1v) is 6.37. The second-order valence-corrected chi connectivity index (χ2v) is 5.17. The molecular weight excluding hydrogens is 204 g/mol. The van der Waals surface area contributed by atoms with Gasteiger partial charge in [0.1, 0.15) is 0 Å². The molecular formula is C12H22N2O2. The van der Waals surface area contributed by atoms with Crippen molar-refractivity contribution in [1.82, 2.24) is 10.6 Å². The van der Waals surface area contributed by atoms with E-state index in [9.17, 15) is 9.90 Å². The molecule has 2 fully saturated rings. The number of carbonyl (C=O) groups excluding carboxylic acids is 1. The van der Waals surface area contributed by atoms with Crippen LogP contribution >= 0.6 is 0 Å². The van der Waals surface area contributed by atoms with Crippen molar-refractivity contribution in [3.05, 3.63) is 0 Å².